The molecule has 0 spiro atoms. The molecule has 0 atom stereocenters. The molecule has 0 radical (unpaired) electrons. The molecular formula is C14H20N4O3. The van der Waals surface area contributed by atoms with Gasteiger partial charge in [0.05, 0.1) is 0 Å². The first-order valence-corrected chi connectivity index (χ1v) is 7.48. The van der Waals surface area contributed by atoms with Gasteiger partial charge in [-0.3, -0.25) is 14.4 Å². The van der Waals surface area contributed by atoms with Crippen molar-refractivity contribution in [2.24, 2.45) is 11.0 Å². The van der Waals surface area contributed by atoms with E-state index >= 15 is 0 Å². The summed E-state index contributed by atoms with van der Waals surface area (Å²) < 4.78 is 0. The standard InChI is InChI=1S/C14H20N4O3/c1-16-12(19)5-4-11(15-16)14(21)18-8-6-17(7-9-18)13(20)10-2-3-10/h10H,2-9H2,1H3. The summed E-state index contributed by atoms with van der Waals surface area (Å²) in [6.07, 6.45) is 2.76. The predicted molar refractivity (Wildman–Crippen MR) is 75.3 cm³/mol. The minimum atomic E-state index is -0.104. The lowest BCUT2D eigenvalue weighted by Gasteiger charge is -2.35. The van der Waals surface area contributed by atoms with Crippen molar-refractivity contribution in [1.29, 1.82) is 0 Å². The van der Waals surface area contributed by atoms with E-state index in [-0.39, 0.29) is 23.6 Å². The largest absolute Gasteiger partial charge is 0.339 e. The van der Waals surface area contributed by atoms with Gasteiger partial charge in [-0.15, -0.1) is 0 Å². The fraction of sp³-hybridized carbons (Fsp3) is 0.714. The van der Waals surface area contributed by atoms with E-state index in [2.05, 4.69) is 5.10 Å². The van der Waals surface area contributed by atoms with Crippen LogP contribution in [0.2, 0.25) is 0 Å². The molecule has 1 saturated carbocycles. The Morgan fingerprint density at radius 3 is 2.24 bits per heavy atom. The number of nitrogens with zero attached hydrogens (tertiary/aromatic N) is 4. The number of amides is 3. The molecule has 0 aromatic carbocycles. The molecule has 3 aliphatic rings. The van der Waals surface area contributed by atoms with Crippen molar-refractivity contribution in [3.63, 3.8) is 0 Å². The summed E-state index contributed by atoms with van der Waals surface area (Å²) in [5.74, 6) is 0.302. The van der Waals surface area contributed by atoms with Crippen molar-refractivity contribution in [3.05, 3.63) is 0 Å². The van der Waals surface area contributed by atoms with Crippen LogP contribution >= 0.6 is 0 Å². The average molecular weight is 292 g/mol. The molecule has 0 unspecified atom stereocenters. The van der Waals surface area contributed by atoms with Gasteiger partial charge in [0.15, 0.2) is 0 Å². The molecule has 3 rings (SSSR count). The van der Waals surface area contributed by atoms with Crippen molar-refractivity contribution < 1.29 is 14.4 Å². The van der Waals surface area contributed by atoms with Gasteiger partial charge in [0.2, 0.25) is 11.8 Å². The average Bonchev–Trinajstić information content (AvgIpc) is 3.33. The molecule has 0 bridgehead atoms. The van der Waals surface area contributed by atoms with Crippen LogP contribution in [0.25, 0.3) is 0 Å². The number of carbonyl (C=O) groups is 3. The number of piperazine rings is 1. The fourth-order valence-electron chi connectivity index (χ4n) is 2.72. The third-order valence-corrected chi connectivity index (χ3v) is 4.26. The Hall–Kier alpha value is -1.92. The number of hydrazone groups is 1. The van der Waals surface area contributed by atoms with Gasteiger partial charge in [0.1, 0.15) is 5.71 Å². The zero-order chi connectivity index (χ0) is 15.0. The van der Waals surface area contributed by atoms with Gasteiger partial charge in [-0.1, -0.05) is 0 Å². The third kappa shape index (κ3) is 2.91. The van der Waals surface area contributed by atoms with Crippen molar-refractivity contribution in [3.8, 4) is 0 Å². The van der Waals surface area contributed by atoms with E-state index in [1.54, 1.807) is 11.9 Å². The second-order valence-corrected chi connectivity index (χ2v) is 5.86. The van der Waals surface area contributed by atoms with Gasteiger partial charge in [-0.2, -0.15) is 5.10 Å². The van der Waals surface area contributed by atoms with E-state index in [1.807, 2.05) is 4.90 Å². The molecule has 2 aliphatic heterocycles. The van der Waals surface area contributed by atoms with Crippen LogP contribution in [0.3, 0.4) is 0 Å². The molecule has 1 saturated heterocycles. The quantitative estimate of drug-likeness (QED) is 0.700. The normalized spacial score (nSPS) is 23.2. The van der Waals surface area contributed by atoms with Crippen molar-refractivity contribution in [1.82, 2.24) is 14.8 Å². The van der Waals surface area contributed by atoms with E-state index in [9.17, 15) is 14.4 Å². The van der Waals surface area contributed by atoms with Crippen LogP contribution in [-0.2, 0) is 14.4 Å². The third-order valence-electron chi connectivity index (χ3n) is 4.26. The highest BCUT2D eigenvalue weighted by atomic mass is 16.2. The molecule has 2 fully saturated rings. The Morgan fingerprint density at radius 1 is 1.05 bits per heavy atom. The van der Waals surface area contributed by atoms with Gasteiger partial charge >= 0.3 is 0 Å². The molecule has 0 aromatic heterocycles. The molecule has 3 amide bonds. The van der Waals surface area contributed by atoms with Gasteiger partial charge in [-0.25, -0.2) is 5.01 Å². The lowest BCUT2D eigenvalue weighted by atomic mass is 10.1. The smallest absolute Gasteiger partial charge is 0.270 e. The zero-order valence-corrected chi connectivity index (χ0v) is 12.2. The van der Waals surface area contributed by atoms with Crippen molar-refractivity contribution >= 4 is 23.4 Å². The van der Waals surface area contributed by atoms with E-state index in [4.69, 9.17) is 0 Å². The lowest BCUT2D eigenvalue weighted by molar-refractivity contribution is -0.138. The summed E-state index contributed by atoms with van der Waals surface area (Å²) in [4.78, 5) is 39.3. The summed E-state index contributed by atoms with van der Waals surface area (Å²) in [5.41, 5.74) is 0.444. The number of hydrogen-bond donors (Lipinski definition) is 0. The summed E-state index contributed by atoms with van der Waals surface area (Å²) >= 11 is 0. The van der Waals surface area contributed by atoms with Crippen LogP contribution in [0.4, 0.5) is 0 Å². The first-order chi connectivity index (χ1) is 10.1. The first-order valence-electron chi connectivity index (χ1n) is 7.48. The topological polar surface area (TPSA) is 73.3 Å². The molecule has 0 N–H and O–H groups in total. The SMILES string of the molecule is CN1N=C(C(=O)N2CCN(C(=O)C3CC3)CC2)CCC1=O. The number of rotatable bonds is 2. The molecule has 2 heterocycles. The Balaban J connectivity index is 1.56. The second kappa shape index (κ2) is 5.46. The first kappa shape index (κ1) is 14.0. The maximum absolute atomic E-state index is 12.4. The van der Waals surface area contributed by atoms with Crippen LogP contribution in [-0.4, -0.2) is 71.5 Å². The molecule has 7 heteroatoms. The van der Waals surface area contributed by atoms with Crippen LogP contribution in [0.1, 0.15) is 25.7 Å². The van der Waals surface area contributed by atoms with Crippen molar-refractivity contribution in [2.75, 3.05) is 33.2 Å². The summed E-state index contributed by atoms with van der Waals surface area (Å²) in [6.45, 7) is 2.30. The maximum Gasteiger partial charge on any atom is 0.270 e. The van der Waals surface area contributed by atoms with Crippen molar-refractivity contribution in [2.45, 2.75) is 25.7 Å². The summed E-state index contributed by atoms with van der Waals surface area (Å²) in [5, 5.41) is 5.30. The van der Waals surface area contributed by atoms with E-state index in [0.717, 1.165) is 12.8 Å². The molecular weight excluding hydrogens is 272 g/mol. The van der Waals surface area contributed by atoms with Crippen LogP contribution in [0.5, 0.6) is 0 Å². The fourth-order valence-corrected chi connectivity index (χ4v) is 2.72. The van der Waals surface area contributed by atoms with Gasteiger partial charge in [-0.05, 0) is 12.8 Å². The highest BCUT2D eigenvalue weighted by Gasteiger charge is 2.36. The number of hydrogen-bond acceptors (Lipinski definition) is 4. The minimum absolute atomic E-state index is 0.0635. The second-order valence-electron chi connectivity index (χ2n) is 5.86. The Kier molecular flexibility index (Phi) is 3.65. The monoisotopic (exact) mass is 292 g/mol. The summed E-state index contributed by atoms with van der Waals surface area (Å²) in [6, 6.07) is 0. The highest BCUT2D eigenvalue weighted by molar-refractivity contribution is 6.39. The van der Waals surface area contributed by atoms with E-state index in [0.29, 0.717) is 44.7 Å². The van der Waals surface area contributed by atoms with Crippen LogP contribution in [0.15, 0.2) is 5.10 Å². The highest BCUT2D eigenvalue weighted by Crippen LogP contribution is 2.31. The van der Waals surface area contributed by atoms with E-state index in [1.165, 1.54) is 5.01 Å². The Morgan fingerprint density at radius 2 is 1.67 bits per heavy atom. The number of carbonyl (C=O) groups excluding carboxylic acids is 3. The molecule has 0 aromatic rings. The molecule has 21 heavy (non-hydrogen) atoms. The van der Waals surface area contributed by atoms with Gasteiger partial charge in [0.25, 0.3) is 5.91 Å². The zero-order valence-electron chi connectivity index (χ0n) is 12.2. The van der Waals surface area contributed by atoms with Gasteiger partial charge in [0, 0.05) is 52.0 Å². The Bertz CT molecular complexity index is 504. The molecule has 7 nitrogen and oxygen atoms in total. The Labute approximate surface area is 123 Å². The van der Waals surface area contributed by atoms with Crippen LogP contribution in [0, 0.1) is 5.92 Å². The molecule has 114 valence electrons. The van der Waals surface area contributed by atoms with Crippen LogP contribution < -0.4 is 0 Å². The van der Waals surface area contributed by atoms with Gasteiger partial charge < -0.3 is 9.80 Å². The lowest BCUT2D eigenvalue weighted by Crippen LogP contribution is -2.53. The summed E-state index contributed by atoms with van der Waals surface area (Å²) in [7, 11) is 1.57. The molecule has 1 aliphatic carbocycles. The predicted octanol–water partition coefficient (Wildman–Crippen LogP) is -0.325. The van der Waals surface area contributed by atoms with E-state index < -0.39 is 0 Å². The minimum Gasteiger partial charge on any atom is -0.339 e. The maximum atomic E-state index is 12.4.